The van der Waals surface area contributed by atoms with Gasteiger partial charge in [0, 0.05) is 37.4 Å². The van der Waals surface area contributed by atoms with Gasteiger partial charge in [0.05, 0.1) is 30.4 Å². The van der Waals surface area contributed by atoms with Gasteiger partial charge in [-0.1, -0.05) is 68.4 Å². The smallest absolute Gasteiger partial charge is 0.275 e. The third-order valence-electron chi connectivity index (χ3n) is 9.71. The number of aryl methyl sites for hydroxylation is 1. The first-order valence-electron chi connectivity index (χ1n) is 19.9. The number of fused-ring (bicyclic) bond motifs is 1. The van der Waals surface area contributed by atoms with Gasteiger partial charge in [0.15, 0.2) is 22.9 Å². The van der Waals surface area contributed by atoms with Crippen molar-refractivity contribution in [1.29, 1.82) is 0 Å². The van der Waals surface area contributed by atoms with Crippen molar-refractivity contribution in [3.8, 4) is 39.8 Å². The van der Waals surface area contributed by atoms with Crippen LogP contribution < -0.4 is 26.2 Å². The summed E-state index contributed by atoms with van der Waals surface area (Å²) in [6.45, 7) is 6.79. The quantitative estimate of drug-likeness (QED) is 0.118. The van der Waals surface area contributed by atoms with E-state index in [1.54, 1.807) is 18.5 Å². The molecule has 1 aliphatic rings. The predicted molar refractivity (Wildman–Crippen MR) is 234 cm³/mol. The second-order valence-electron chi connectivity index (χ2n) is 14.1. The number of ether oxygens (including phenoxy) is 1. The van der Waals surface area contributed by atoms with Gasteiger partial charge in [-0.3, -0.25) is 24.2 Å². The summed E-state index contributed by atoms with van der Waals surface area (Å²) in [7, 11) is 2.81. The zero-order valence-electron chi connectivity index (χ0n) is 34.5. The van der Waals surface area contributed by atoms with E-state index in [-0.39, 0.29) is 11.4 Å². The van der Waals surface area contributed by atoms with Gasteiger partial charge in [-0.25, -0.2) is 9.36 Å². The minimum absolute atomic E-state index is 0.358. The molecule has 2 amide bonds. The molecule has 8 rings (SSSR count). The number of nitrogens with zero attached hydrogens (tertiary/aromatic N) is 5. The van der Waals surface area contributed by atoms with E-state index >= 15 is 0 Å². The zero-order valence-corrected chi connectivity index (χ0v) is 34.5. The zero-order chi connectivity index (χ0) is 43.6. The fraction of sp³-hybridized carbons (Fsp3) is 0.213. The summed E-state index contributed by atoms with van der Waals surface area (Å²) in [5.74, 6) is -0.855. The lowest BCUT2D eigenvalue weighted by Crippen LogP contribution is -2.29. The van der Waals surface area contributed by atoms with Gasteiger partial charge < -0.3 is 25.6 Å². The molecule has 0 spiro atoms. The van der Waals surface area contributed by atoms with Gasteiger partial charge in [-0.05, 0) is 96.1 Å². The first-order valence-corrected chi connectivity index (χ1v) is 19.9. The van der Waals surface area contributed by atoms with Gasteiger partial charge in [-0.2, -0.15) is 10.2 Å². The molecular formula is C47H47N7O7. The van der Waals surface area contributed by atoms with Crippen molar-refractivity contribution in [2.75, 3.05) is 20.7 Å². The molecule has 1 aliphatic carbocycles. The molecule has 61 heavy (non-hydrogen) atoms. The molecule has 0 aliphatic heterocycles. The van der Waals surface area contributed by atoms with Crippen LogP contribution in [-0.2, 0) is 6.42 Å². The normalized spacial score (nSPS) is 11.7. The largest absolute Gasteiger partial charge is 0.503 e. The van der Waals surface area contributed by atoms with Gasteiger partial charge in [0.25, 0.3) is 22.7 Å². The summed E-state index contributed by atoms with van der Waals surface area (Å²) in [4.78, 5) is 52.3. The van der Waals surface area contributed by atoms with Crippen LogP contribution in [0, 0.1) is 12.8 Å². The van der Waals surface area contributed by atoms with Crippen LogP contribution in [0.5, 0.6) is 17.2 Å². The Hall–Kier alpha value is -7.61. The fourth-order valence-corrected chi connectivity index (χ4v) is 6.52. The van der Waals surface area contributed by atoms with Crippen molar-refractivity contribution in [1.82, 2.24) is 35.2 Å². The molecule has 0 saturated heterocycles. The number of aromatic nitrogens is 5. The molecule has 0 atom stereocenters. The maximum Gasteiger partial charge on any atom is 0.275 e. The molecule has 3 aromatic heterocycles. The number of hydrogen-bond acceptors (Lipinski definition) is 10. The Morgan fingerprint density at radius 3 is 2.00 bits per heavy atom. The number of carbonyl (C=O) groups excluding carboxylic acids is 2. The summed E-state index contributed by atoms with van der Waals surface area (Å²) in [6, 6.07) is 29.0. The minimum Gasteiger partial charge on any atom is -0.503 e. The SMILES string of the molecule is CC.CNC(=O)c1nn(-c2ccccc2-c2ccc3ccncc3c2)cc(O)c1=O.CNC(=O)c1nn(-c2ccccc2Cc2cc(C)cc(OCC3CC3)c2)cc(O)c1=O. The van der Waals surface area contributed by atoms with Crippen LogP contribution in [0.1, 0.15) is 64.4 Å². The Bertz CT molecular complexity index is 2830. The Kier molecular flexibility index (Phi) is 13.7. The monoisotopic (exact) mass is 821 g/mol. The molecule has 4 N–H and O–H groups in total. The van der Waals surface area contributed by atoms with Gasteiger partial charge in [0.2, 0.25) is 0 Å². The predicted octanol–water partition coefficient (Wildman–Crippen LogP) is 6.52. The van der Waals surface area contributed by atoms with Crippen LogP contribution in [0.4, 0.5) is 0 Å². The number of benzene rings is 4. The van der Waals surface area contributed by atoms with Crippen molar-refractivity contribution >= 4 is 22.6 Å². The first kappa shape index (κ1) is 43.0. The van der Waals surface area contributed by atoms with E-state index in [0.29, 0.717) is 23.7 Å². The third-order valence-corrected chi connectivity index (χ3v) is 9.71. The van der Waals surface area contributed by atoms with E-state index in [1.807, 2.05) is 99.6 Å². The molecular weight excluding hydrogens is 775 g/mol. The van der Waals surface area contributed by atoms with Crippen molar-refractivity contribution in [3.05, 3.63) is 164 Å². The highest BCUT2D eigenvalue weighted by atomic mass is 16.5. The maximum absolute atomic E-state index is 12.1. The molecule has 14 heteroatoms. The summed E-state index contributed by atoms with van der Waals surface area (Å²) < 4.78 is 8.67. The van der Waals surface area contributed by atoms with E-state index in [0.717, 1.165) is 50.9 Å². The minimum atomic E-state index is -0.815. The molecule has 4 aromatic carbocycles. The molecule has 0 bridgehead atoms. The number of hydrogen-bond donors (Lipinski definition) is 4. The number of amides is 2. The molecule has 3 heterocycles. The van der Waals surface area contributed by atoms with Gasteiger partial charge in [-0.15, -0.1) is 0 Å². The fourth-order valence-electron chi connectivity index (χ4n) is 6.52. The molecule has 0 radical (unpaired) electrons. The summed E-state index contributed by atoms with van der Waals surface area (Å²) >= 11 is 0. The van der Waals surface area contributed by atoms with Crippen LogP contribution in [0.15, 0.2) is 125 Å². The molecule has 14 nitrogen and oxygen atoms in total. The number of carbonyl (C=O) groups is 2. The number of rotatable bonds is 10. The summed E-state index contributed by atoms with van der Waals surface area (Å²) in [6.07, 6.45) is 9.04. The Labute approximate surface area is 352 Å². The summed E-state index contributed by atoms with van der Waals surface area (Å²) in [5.41, 5.74) is 3.80. The van der Waals surface area contributed by atoms with E-state index in [1.165, 1.54) is 48.7 Å². The van der Waals surface area contributed by atoms with E-state index in [4.69, 9.17) is 4.74 Å². The number of para-hydroxylation sites is 2. The average molecular weight is 822 g/mol. The standard InChI is InChI=1S/C24H25N3O4.C21H16N4O3.C2H6/c1-15-9-17(12-19(10-15)31-14-16-7-8-16)11-18-5-3-4-6-20(18)27-13-21(28)23(29)22(26-27)24(30)25-2;1-22-21(28)19-20(27)18(26)12-25(24-19)17-5-3-2-4-16(17)14-7-6-13-8-9-23-11-15(13)10-14;1-2/h3-6,9-10,12-13,16,28H,7-8,11,14H2,1-2H3,(H,25,30);2-12,26H,1H3,(H,22,28);1-2H3. The Balaban J connectivity index is 0.000000197. The van der Waals surface area contributed by atoms with Crippen molar-refractivity contribution < 1.29 is 24.5 Å². The van der Waals surface area contributed by atoms with Crippen molar-refractivity contribution in [2.45, 2.75) is 40.0 Å². The van der Waals surface area contributed by atoms with Crippen LogP contribution in [0.3, 0.4) is 0 Å². The lowest BCUT2D eigenvalue weighted by atomic mass is 10.0. The van der Waals surface area contributed by atoms with Crippen LogP contribution in [0.2, 0.25) is 0 Å². The highest BCUT2D eigenvalue weighted by molar-refractivity contribution is 5.93. The molecule has 312 valence electrons. The van der Waals surface area contributed by atoms with E-state index in [2.05, 4.69) is 31.9 Å². The van der Waals surface area contributed by atoms with Gasteiger partial charge in [0.1, 0.15) is 5.75 Å². The summed E-state index contributed by atoms with van der Waals surface area (Å²) in [5, 5.41) is 35.2. The van der Waals surface area contributed by atoms with Crippen LogP contribution in [-0.4, -0.2) is 67.3 Å². The first-order chi connectivity index (χ1) is 29.5. The second kappa shape index (κ2) is 19.4. The van der Waals surface area contributed by atoms with Crippen molar-refractivity contribution in [2.24, 2.45) is 5.92 Å². The maximum atomic E-state index is 12.1. The molecule has 0 unspecified atom stereocenters. The number of pyridine rings is 1. The topological polar surface area (TPSA) is 191 Å². The van der Waals surface area contributed by atoms with E-state index < -0.39 is 34.2 Å². The van der Waals surface area contributed by atoms with Gasteiger partial charge >= 0.3 is 0 Å². The number of nitrogens with one attached hydrogen (secondary N) is 2. The lowest BCUT2D eigenvalue weighted by molar-refractivity contribution is 0.0946. The average Bonchev–Trinajstić information content (AvgIpc) is 4.12. The Morgan fingerprint density at radius 1 is 0.754 bits per heavy atom. The molecule has 1 fully saturated rings. The highest BCUT2D eigenvalue weighted by Gasteiger charge is 2.22. The van der Waals surface area contributed by atoms with E-state index in [9.17, 15) is 29.4 Å². The van der Waals surface area contributed by atoms with Crippen LogP contribution in [0.25, 0.3) is 33.3 Å². The van der Waals surface area contributed by atoms with Crippen LogP contribution >= 0.6 is 0 Å². The number of aromatic hydroxyl groups is 2. The molecule has 7 aromatic rings. The Morgan fingerprint density at radius 2 is 1.36 bits per heavy atom. The van der Waals surface area contributed by atoms with Crippen molar-refractivity contribution in [3.63, 3.8) is 0 Å². The third kappa shape index (κ3) is 10.2. The lowest BCUT2D eigenvalue weighted by Gasteiger charge is -2.14. The second-order valence-corrected chi connectivity index (χ2v) is 14.1. The molecule has 1 saturated carbocycles. The highest BCUT2D eigenvalue weighted by Crippen LogP contribution is 2.31.